The number of aromatic carboxylic acids is 1. The minimum absolute atomic E-state index is 0.137. The molecule has 0 spiro atoms. The molecule has 1 heterocycles. The predicted octanol–water partition coefficient (Wildman–Crippen LogP) is 4.68. The normalized spacial score (nSPS) is 11.6. The molecular formula is C23H20ClFN2O4. The largest absolute Gasteiger partial charge is 0.478 e. The van der Waals surface area contributed by atoms with Crippen LogP contribution >= 0.6 is 11.6 Å². The second kappa shape index (κ2) is 10.0. The highest BCUT2D eigenvalue weighted by Gasteiger charge is 2.18. The van der Waals surface area contributed by atoms with Gasteiger partial charge in [-0.25, -0.2) is 14.2 Å². The summed E-state index contributed by atoms with van der Waals surface area (Å²) in [5.41, 5.74) is 1.98. The standard InChI is InChI=1S/C23H20ClFN2O4/c1-14(16-4-6-17(7-5-16)23(29)30)27-21(28)20-12-18(24)13-26-22(20)31-11-10-15-2-8-19(25)9-3-15/h2-9,12-14H,10-11H2,1H3,(H,27,28)(H,29,30)/t14-/m0/s1. The number of carboxylic acids is 1. The molecule has 8 heteroatoms. The number of nitrogens with zero attached hydrogens (tertiary/aromatic N) is 1. The highest BCUT2D eigenvalue weighted by molar-refractivity contribution is 6.30. The van der Waals surface area contributed by atoms with Crippen LogP contribution in [0.5, 0.6) is 5.88 Å². The lowest BCUT2D eigenvalue weighted by molar-refractivity contribution is 0.0696. The number of pyridine rings is 1. The number of nitrogens with one attached hydrogen (secondary N) is 1. The van der Waals surface area contributed by atoms with Crippen LogP contribution in [0.1, 0.15) is 44.8 Å². The molecular weight excluding hydrogens is 423 g/mol. The number of carboxylic acid groups (broad SMARTS) is 1. The van der Waals surface area contributed by atoms with E-state index in [4.69, 9.17) is 21.4 Å². The van der Waals surface area contributed by atoms with E-state index in [-0.39, 0.29) is 40.5 Å². The third kappa shape index (κ3) is 6.02. The Bertz CT molecular complexity index is 1070. The summed E-state index contributed by atoms with van der Waals surface area (Å²) in [6.07, 6.45) is 1.90. The summed E-state index contributed by atoms with van der Waals surface area (Å²) in [5, 5.41) is 12.1. The zero-order valence-electron chi connectivity index (χ0n) is 16.6. The van der Waals surface area contributed by atoms with Gasteiger partial charge in [-0.1, -0.05) is 35.9 Å². The summed E-state index contributed by atoms with van der Waals surface area (Å²) in [6.45, 7) is 2.02. The Labute approximate surface area is 183 Å². The van der Waals surface area contributed by atoms with Crippen LogP contribution in [0.4, 0.5) is 4.39 Å². The summed E-state index contributed by atoms with van der Waals surface area (Å²) in [7, 11) is 0. The monoisotopic (exact) mass is 442 g/mol. The Balaban J connectivity index is 1.67. The van der Waals surface area contributed by atoms with Crippen molar-refractivity contribution in [3.63, 3.8) is 0 Å². The number of aromatic nitrogens is 1. The summed E-state index contributed by atoms with van der Waals surface area (Å²) in [5.74, 6) is -1.62. The Kier molecular flexibility index (Phi) is 7.20. The van der Waals surface area contributed by atoms with Gasteiger partial charge in [0, 0.05) is 12.6 Å². The van der Waals surface area contributed by atoms with Gasteiger partial charge in [0.25, 0.3) is 5.91 Å². The summed E-state index contributed by atoms with van der Waals surface area (Å²) in [6, 6.07) is 13.4. The van der Waals surface area contributed by atoms with Crippen LogP contribution < -0.4 is 10.1 Å². The maximum absolute atomic E-state index is 13.0. The molecule has 3 aromatic rings. The maximum Gasteiger partial charge on any atom is 0.335 e. The Morgan fingerprint density at radius 3 is 2.48 bits per heavy atom. The molecule has 0 aliphatic heterocycles. The predicted molar refractivity (Wildman–Crippen MR) is 114 cm³/mol. The Morgan fingerprint density at radius 1 is 1.16 bits per heavy atom. The lowest BCUT2D eigenvalue weighted by atomic mass is 10.1. The van der Waals surface area contributed by atoms with Gasteiger partial charge in [-0.05, 0) is 48.4 Å². The quantitative estimate of drug-likeness (QED) is 0.528. The van der Waals surface area contributed by atoms with Crippen LogP contribution in [0.15, 0.2) is 60.8 Å². The van der Waals surface area contributed by atoms with Gasteiger partial charge in [0.05, 0.1) is 23.2 Å². The van der Waals surface area contributed by atoms with E-state index in [9.17, 15) is 14.0 Å². The van der Waals surface area contributed by atoms with Crippen molar-refractivity contribution in [1.82, 2.24) is 10.3 Å². The van der Waals surface area contributed by atoms with E-state index in [1.54, 1.807) is 31.2 Å². The molecule has 160 valence electrons. The van der Waals surface area contributed by atoms with Crippen LogP contribution in [0, 0.1) is 5.82 Å². The lowest BCUT2D eigenvalue weighted by Gasteiger charge is -2.16. The number of carbonyl (C=O) groups is 2. The van der Waals surface area contributed by atoms with Gasteiger partial charge >= 0.3 is 5.97 Å². The molecule has 3 rings (SSSR count). The second-order valence-corrected chi connectivity index (χ2v) is 7.29. The number of rotatable bonds is 8. The van der Waals surface area contributed by atoms with Gasteiger partial charge in [0.2, 0.25) is 5.88 Å². The van der Waals surface area contributed by atoms with Gasteiger partial charge in [0.15, 0.2) is 0 Å². The second-order valence-electron chi connectivity index (χ2n) is 6.85. The van der Waals surface area contributed by atoms with Crippen molar-refractivity contribution in [2.75, 3.05) is 6.61 Å². The van der Waals surface area contributed by atoms with Crippen molar-refractivity contribution in [2.45, 2.75) is 19.4 Å². The molecule has 2 aromatic carbocycles. The minimum atomic E-state index is -1.02. The van der Waals surface area contributed by atoms with E-state index < -0.39 is 11.9 Å². The van der Waals surface area contributed by atoms with Gasteiger partial charge in [-0.3, -0.25) is 4.79 Å². The minimum Gasteiger partial charge on any atom is -0.478 e. The summed E-state index contributed by atoms with van der Waals surface area (Å²) in [4.78, 5) is 27.9. The Hall–Kier alpha value is -3.45. The van der Waals surface area contributed by atoms with E-state index in [1.165, 1.54) is 36.5 Å². The van der Waals surface area contributed by atoms with Crippen molar-refractivity contribution in [1.29, 1.82) is 0 Å². The molecule has 2 N–H and O–H groups in total. The number of amides is 1. The molecule has 0 unspecified atom stereocenters. The number of hydrogen-bond acceptors (Lipinski definition) is 4. The van der Waals surface area contributed by atoms with Gasteiger partial charge < -0.3 is 15.2 Å². The van der Waals surface area contributed by atoms with Crippen molar-refractivity contribution >= 4 is 23.5 Å². The molecule has 6 nitrogen and oxygen atoms in total. The van der Waals surface area contributed by atoms with Gasteiger partial charge in [-0.15, -0.1) is 0 Å². The zero-order chi connectivity index (χ0) is 22.4. The topological polar surface area (TPSA) is 88.5 Å². The molecule has 1 atom stereocenters. The first kappa shape index (κ1) is 22.2. The molecule has 1 amide bonds. The number of ether oxygens (including phenoxy) is 1. The van der Waals surface area contributed by atoms with E-state index in [0.717, 1.165) is 11.1 Å². The summed E-state index contributed by atoms with van der Waals surface area (Å²) >= 11 is 6.02. The van der Waals surface area contributed by atoms with E-state index in [0.29, 0.717) is 6.42 Å². The molecule has 0 aliphatic rings. The highest BCUT2D eigenvalue weighted by atomic mass is 35.5. The first-order valence-electron chi connectivity index (χ1n) is 9.50. The average molecular weight is 443 g/mol. The third-order valence-electron chi connectivity index (χ3n) is 4.61. The first-order valence-corrected chi connectivity index (χ1v) is 9.88. The molecule has 0 fully saturated rings. The molecule has 31 heavy (non-hydrogen) atoms. The first-order chi connectivity index (χ1) is 14.8. The molecule has 0 aliphatic carbocycles. The smallest absolute Gasteiger partial charge is 0.335 e. The van der Waals surface area contributed by atoms with Crippen LogP contribution in [0.2, 0.25) is 5.02 Å². The Morgan fingerprint density at radius 2 is 1.84 bits per heavy atom. The fourth-order valence-corrected chi connectivity index (χ4v) is 3.05. The third-order valence-corrected chi connectivity index (χ3v) is 4.82. The van der Waals surface area contributed by atoms with Crippen LogP contribution in [0.25, 0.3) is 0 Å². The van der Waals surface area contributed by atoms with Crippen LogP contribution in [-0.2, 0) is 6.42 Å². The SMILES string of the molecule is C[C@H](NC(=O)c1cc(Cl)cnc1OCCc1ccc(F)cc1)c1ccc(C(=O)O)cc1. The molecule has 0 radical (unpaired) electrons. The summed E-state index contributed by atoms with van der Waals surface area (Å²) < 4.78 is 18.7. The van der Waals surface area contributed by atoms with Crippen LogP contribution in [0.3, 0.4) is 0 Å². The van der Waals surface area contributed by atoms with E-state index in [2.05, 4.69) is 10.3 Å². The number of halogens is 2. The highest BCUT2D eigenvalue weighted by Crippen LogP contribution is 2.22. The van der Waals surface area contributed by atoms with E-state index in [1.807, 2.05) is 0 Å². The fourth-order valence-electron chi connectivity index (χ4n) is 2.89. The van der Waals surface area contributed by atoms with Crippen molar-refractivity contribution in [2.24, 2.45) is 0 Å². The van der Waals surface area contributed by atoms with Crippen LogP contribution in [-0.4, -0.2) is 28.6 Å². The fraction of sp³-hybridized carbons (Fsp3) is 0.174. The van der Waals surface area contributed by atoms with Crippen molar-refractivity contribution < 1.29 is 23.8 Å². The number of benzene rings is 2. The average Bonchev–Trinajstić information content (AvgIpc) is 2.76. The van der Waals surface area contributed by atoms with E-state index >= 15 is 0 Å². The van der Waals surface area contributed by atoms with Gasteiger partial charge in [-0.2, -0.15) is 0 Å². The molecule has 0 saturated heterocycles. The molecule has 1 aromatic heterocycles. The molecule has 0 bridgehead atoms. The number of carbonyl (C=O) groups excluding carboxylic acids is 1. The number of hydrogen-bond donors (Lipinski definition) is 2. The van der Waals surface area contributed by atoms with Crippen molar-refractivity contribution in [3.05, 3.63) is 93.9 Å². The zero-order valence-corrected chi connectivity index (χ0v) is 17.4. The lowest BCUT2D eigenvalue weighted by Crippen LogP contribution is -2.27. The maximum atomic E-state index is 13.0. The molecule has 0 saturated carbocycles. The van der Waals surface area contributed by atoms with Gasteiger partial charge in [0.1, 0.15) is 11.4 Å². The van der Waals surface area contributed by atoms with Crippen molar-refractivity contribution in [3.8, 4) is 5.88 Å².